The molecule has 0 radical (unpaired) electrons. The standard InChI is InChI=1S/C26H33N3O4/c1-25(2,3)32-23(30)28(20-13-11-19(27)12-14-20)16-15-18-17-29(24(31)33-26(4,5)6)22-10-8-7-9-21(18)22/h7-14,17H,15-16,27H2,1-6H3. The normalized spacial score (nSPS) is 11.9. The van der Waals surface area contributed by atoms with Crippen LogP contribution in [0.25, 0.3) is 10.9 Å². The van der Waals surface area contributed by atoms with Crippen molar-refractivity contribution in [2.75, 3.05) is 17.2 Å². The van der Waals surface area contributed by atoms with Crippen LogP contribution in [-0.4, -0.2) is 34.5 Å². The number of fused-ring (bicyclic) bond motifs is 1. The van der Waals surface area contributed by atoms with Crippen molar-refractivity contribution in [2.45, 2.75) is 59.2 Å². The third-order valence-corrected chi connectivity index (χ3v) is 4.81. The van der Waals surface area contributed by atoms with E-state index in [4.69, 9.17) is 15.2 Å². The van der Waals surface area contributed by atoms with Crippen molar-refractivity contribution in [2.24, 2.45) is 0 Å². The molecule has 7 nitrogen and oxygen atoms in total. The number of nitrogens with two attached hydrogens (primary N) is 1. The molecule has 0 atom stereocenters. The van der Waals surface area contributed by atoms with E-state index in [1.807, 2.05) is 65.8 Å². The van der Waals surface area contributed by atoms with E-state index in [9.17, 15) is 9.59 Å². The molecule has 0 spiro atoms. The van der Waals surface area contributed by atoms with E-state index in [-0.39, 0.29) is 0 Å². The summed E-state index contributed by atoms with van der Waals surface area (Å²) in [5.41, 5.74) is 7.59. The Kier molecular flexibility index (Phi) is 6.72. The maximum Gasteiger partial charge on any atom is 0.419 e. The molecule has 0 aliphatic heterocycles. The highest BCUT2D eigenvalue weighted by Gasteiger charge is 2.25. The predicted octanol–water partition coefficient (Wildman–Crippen LogP) is 5.99. The lowest BCUT2D eigenvalue weighted by Gasteiger charge is -2.27. The van der Waals surface area contributed by atoms with Crippen molar-refractivity contribution < 1.29 is 19.1 Å². The van der Waals surface area contributed by atoms with E-state index in [0.29, 0.717) is 24.3 Å². The molecule has 3 rings (SSSR count). The number of nitrogen functional groups attached to an aromatic ring is 1. The Morgan fingerprint density at radius 2 is 1.52 bits per heavy atom. The summed E-state index contributed by atoms with van der Waals surface area (Å²) in [4.78, 5) is 27.4. The Morgan fingerprint density at radius 3 is 2.12 bits per heavy atom. The molecule has 33 heavy (non-hydrogen) atoms. The van der Waals surface area contributed by atoms with Gasteiger partial charge in [-0.2, -0.15) is 0 Å². The van der Waals surface area contributed by atoms with Crippen molar-refractivity contribution in [3.8, 4) is 0 Å². The summed E-state index contributed by atoms with van der Waals surface area (Å²) >= 11 is 0. The number of ether oxygens (including phenoxy) is 2. The predicted molar refractivity (Wildman–Crippen MR) is 132 cm³/mol. The first-order chi connectivity index (χ1) is 15.3. The number of para-hydroxylation sites is 1. The van der Waals surface area contributed by atoms with Gasteiger partial charge in [-0.3, -0.25) is 9.47 Å². The van der Waals surface area contributed by atoms with E-state index in [1.165, 1.54) is 4.57 Å². The van der Waals surface area contributed by atoms with Crippen LogP contribution in [0.2, 0.25) is 0 Å². The minimum absolute atomic E-state index is 0.362. The highest BCUT2D eigenvalue weighted by molar-refractivity contribution is 5.92. The largest absolute Gasteiger partial charge is 0.443 e. The highest BCUT2D eigenvalue weighted by Crippen LogP contribution is 2.25. The Balaban J connectivity index is 1.91. The highest BCUT2D eigenvalue weighted by atomic mass is 16.6. The van der Waals surface area contributed by atoms with Gasteiger partial charge in [0.15, 0.2) is 0 Å². The van der Waals surface area contributed by atoms with Crippen LogP contribution in [0.1, 0.15) is 47.1 Å². The van der Waals surface area contributed by atoms with Crippen molar-refractivity contribution in [3.05, 3.63) is 60.3 Å². The maximum atomic E-state index is 13.0. The van der Waals surface area contributed by atoms with Crippen molar-refractivity contribution >= 4 is 34.5 Å². The van der Waals surface area contributed by atoms with Gasteiger partial charge in [0.1, 0.15) is 11.2 Å². The van der Waals surface area contributed by atoms with E-state index < -0.39 is 23.4 Å². The number of benzene rings is 2. The van der Waals surface area contributed by atoms with Crippen LogP contribution in [0.4, 0.5) is 21.0 Å². The first-order valence-electron chi connectivity index (χ1n) is 11.0. The Bertz CT molecular complexity index is 1140. The molecular weight excluding hydrogens is 418 g/mol. The fourth-order valence-corrected chi connectivity index (χ4v) is 3.44. The molecule has 0 saturated heterocycles. The van der Waals surface area contributed by atoms with Gasteiger partial charge in [0.25, 0.3) is 0 Å². The first-order valence-corrected chi connectivity index (χ1v) is 11.0. The first kappa shape index (κ1) is 24.2. The number of carbonyl (C=O) groups is 2. The molecule has 1 aromatic heterocycles. The second-order valence-electron chi connectivity index (χ2n) is 10.00. The zero-order chi connectivity index (χ0) is 24.4. The van der Waals surface area contributed by atoms with Gasteiger partial charge in [0.2, 0.25) is 0 Å². The number of anilines is 2. The lowest BCUT2D eigenvalue weighted by molar-refractivity contribution is 0.0540. The minimum atomic E-state index is -0.629. The monoisotopic (exact) mass is 451 g/mol. The van der Waals surface area contributed by atoms with E-state index >= 15 is 0 Å². The fraction of sp³-hybridized carbons (Fsp3) is 0.385. The van der Waals surface area contributed by atoms with Crippen LogP contribution >= 0.6 is 0 Å². The van der Waals surface area contributed by atoms with Gasteiger partial charge in [0.05, 0.1) is 5.52 Å². The molecule has 0 aliphatic rings. The third-order valence-electron chi connectivity index (χ3n) is 4.81. The van der Waals surface area contributed by atoms with Gasteiger partial charge in [-0.1, -0.05) is 18.2 Å². The fourth-order valence-electron chi connectivity index (χ4n) is 3.44. The summed E-state index contributed by atoms with van der Waals surface area (Å²) in [6.07, 6.45) is 1.42. The molecule has 176 valence electrons. The van der Waals surface area contributed by atoms with Crippen molar-refractivity contribution in [3.63, 3.8) is 0 Å². The quantitative estimate of drug-likeness (QED) is 0.492. The molecule has 2 aromatic carbocycles. The van der Waals surface area contributed by atoms with Crippen LogP contribution in [0.5, 0.6) is 0 Å². The smallest absolute Gasteiger partial charge is 0.419 e. The second kappa shape index (κ2) is 9.17. The van der Waals surface area contributed by atoms with Crippen molar-refractivity contribution in [1.82, 2.24) is 4.57 Å². The van der Waals surface area contributed by atoms with E-state index in [0.717, 1.165) is 16.5 Å². The van der Waals surface area contributed by atoms with Gasteiger partial charge in [-0.05, 0) is 83.9 Å². The Morgan fingerprint density at radius 1 is 0.909 bits per heavy atom. The third kappa shape index (κ3) is 6.28. The van der Waals surface area contributed by atoms with Crippen LogP contribution < -0.4 is 10.6 Å². The number of amides is 1. The topological polar surface area (TPSA) is 86.8 Å². The number of nitrogens with zero attached hydrogens (tertiary/aromatic N) is 2. The zero-order valence-corrected chi connectivity index (χ0v) is 20.2. The lowest BCUT2D eigenvalue weighted by atomic mass is 10.1. The van der Waals surface area contributed by atoms with Gasteiger partial charge in [0, 0.05) is 29.5 Å². The molecule has 0 aliphatic carbocycles. The van der Waals surface area contributed by atoms with E-state index in [2.05, 4.69) is 0 Å². The van der Waals surface area contributed by atoms with Crippen LogP contribution in [0.3, 0.4) is 0 Å². The Labute approximate surface area is 195 Å². The molecule has 1 amide bonds. The number of carbonyl (C=O) groups excluding carboxylic acids is 2. The number of hydrogen-bond acceptors (Lipinski definition) is 5. The molecule has 1 heterocycles. The summed E-state index contributed by atoms with van der Waals surface area (Å²) in [5, 5.41) is 0.935. The number of hydrogen-bond donors (Lipinski definition) is 1. The molecular formula is C26H33N3O4. The second-order valence-corrected chi connectivity index (χ2v) is 10.00. The number of rotatable bonds is 4. The van der Waals surface area contributed by atoms with Crippen LogP contribution in [-0.2, 0) is 15.9 Å². The molecule has 0 bridgehead atoms. The molecule has 0 saturated carbocycles. The number of aromatic nitrogens is 1. The van der Waals surface area contributed by atoms with Gasteiger partial charge >= 0.3 is 12.2 Å². The van der Waals surface area contributed by atoms with Gasteiger partial charge in [-0.25, -0.2) is 9.59 Å². The molecule has 0 unspecified atom stereocenters. The summed E-state index contributed by atoms with van der Waals surface area (Å²) < 4.78 is 12.7. The van der Waals surface area contributed by atoms with Crippen LogP contribution in [0, 0.1) is 0 Å². The summed E-state index contributed by atoms with van der Waals surface area (Å²) in [5.74, 6) is 0. The molecule has 3 aromatic rings. The summed E-state index contributed by atoms with van der Waals surface area (Å²) in [6, 6.07) is 14.8. The molecule has 2 N–H and O–H groups in total. The maximum absolute atomic E-state index is 13.0. The molecule has 0 fully saturated rings. The van der Waals surface area contributed by atoms with Crippen LogP contribution in [0.15, 0.2) is 54.7 Å². The SMILES string of the molecule is CC(C)(C)OC(=O)N(CCc1cn(C(=O)OC(C)(C)C)c2ccccc12)c1ccc(N)cc1. The lowest BCUT2D eigenvalue weighted by Crippen LogP contribution is -2.38. The summed E-state index contributed by atoms with van der Waals surface area (Å²) in [6.45, 7) is 11.4. The zero-order valence-electron chi connectivity index (χ0n) is 20.2. The van der Waals surface area contributed by atoms with E-state index in [1.54, 1.807) is 35.4 Å². The average Bonchev–Trinajstić information content (AvgIpc) is 3.06. The van der Waals surface area contributed by atoms with Gasteiger partial charge in [-0.15, -0.1) is 0 Å². The van der Waals surface area contributed by atoms with Crippen molar-refractivity contribution in [1.29, 1.82) is 0 Å². The minimum Gasteiger partial charge on any atom is -0.443 e. The summed E-state index contributed by atoms with van der Waals surface area (Å²) in [7, 11) is 0. The molecule has 7 heteroatoms. The van der Waals surface area contributed by atoms with Gasteiger partial charge < -0.3 is 15.2 Å². The average molecular weight is 452 g/mol. The Hall–Kier alpha value is -3.48.